The lowest BCUT2D eigenvalue weighted by Crippen LogP contribution is -2.59. The van der Waals surface area contributed by atoms with Crippen LogP contribution >= 0.6 is 0 Å². The number of carboxylic acid groups (broad SMARTS) is 2. The molecule has 13 heteroatoms. The summed E-state index contributed by atoms with van der Waals surface area (Å²) in [6, 6.07) is 1.81. The third-order valence-electron chi connectivity index (χ3n) is 5.51. The standard InChI is InChI=1S/C23H31N5O8/c1-11(2)19(28-20(32)14(24)10-29)22(34)26-16(21(33)27-17(23(35)36)8-18(30)31)7-12-9-25-15-6-4-3-5-13(12)15/h3-6,9,11,14,16-17,19,25,29H,7-8,10,24H2,1-2H3,(H,26,34)(H,27,33)(H,28,32)(H,30,31)(H,35,36). The number of nitrogens with one attached hydrogen (secondary N) is 4. The summed E-state index contributed by atoms with van der Waals surface area (Å²) in [6.45, 7) is 2.66. The minimum Gasteiger partial charge on any atom is -0.481 e. The highest BCUT2D eigenvalue weighted by Gasteiger charge is 2.32. The number of hydrogen-bond donors (Lipinski definition) is 8. The van der Waals surface area contributed by atoms with E-state index in [1.165, 1.54) is 0 Å². The van der Waals surface area contributed by atoms with Gasteiger partial charge in [-0.05, 0) is 17.5 Å². The quantitative estimate of drug-likeness (QED) is 0.162. The van der Waals surface area contributed by atoms with Gasteiger partial charge in [-0.3, -0.25) is 19.2 Å². The zero-order valence-electron chi connectivity index (χ0n) is 19.9. The lowest BCUT2D eigenvalue weighted by Gasteiger charge is -2.26. The largest absolute Gasteiger partial charge is 0.481 e. The Kier molecular flexibility index (Phi) is 9.93. The molecule has 0 aliphatic heterocycles. The monoisotopic (exact) mass is 505 g/mol. The Bertz CT molecular complexity index is 1110. The molecule has 1 heterocycles. The maximum atomic E-state index is 13.1. The van der Waals surface area contributed by atoms with Gasteiger partial charge in [-0.1, -0.05) is 32.0 Å². The van der Waals surface area contributed by atoms with Gasteiger partial charge in [0.05, 0.1) is 13.0 Å². The predicted octanol–water partition coefficient (Wildman–Crippen LogP) is -1.30. The van der Waals surface area contributed by atoms with Crippen LogP contribution in [0.2, 0.25) is 0 Å². The number of H-pyrrole nitrogens is 1. The SMILES string of the molecule is CC(C)C(NC(=O)C(N)CO)C(=O)NC(Cc1c[nH]c2ccccc12)C(=O)NC(CC(=O)O)C(=O)O. The van der Waals surface area contributed by atoms with Crippen LogP contribution in [-0.4, -0.2) is 80.7 Å². The number of benzene rings is 1. The van der Waals surface area contributed by atoms with E-state index in [2.05, 4.69) is 20.9 Å². The van der Waals surface area contributed by atoms with Crippen LogP contribution in [0.25, 0.3) is 10.9 Å². The Morgan fingerprint density at radius 1 is 0.944 bits per heavy atom. The van der Waals surface area contributed by atoms with E-state index in [1.54, 1.807) is 32.2 Å². The molecule has 36 heavy (non-hydrogen) atoms. The van der Waals surface area contributed by atoms with Crippen LogP contribution in [0.4, 0.5) is 0 Å². The molecule has 0 bridgehead atoms. The average molecular weight is 506 g/mol. The number of aromatic nitrogens is 1. The summed E-state index contributed by atoms with van der Waals surface area (Å²) in [7, 11) is 0. The van der Waals surface area contributed by atoms with Gasteiger partial charge in [0.15, 0.2) is 0 Å². The summed E-state index contributed by atoms with van der Waals surface area (Å²) in [5.41, 5.74) is 6.93. The molecule has 1 aromatic carbocycles. The van der Waals surface area contributed by atoms with Gasteiger partial charge in [0, 0.05) is 23.5 Å². The zero-order valence-corrected chi connectivity index (χ0v) is 19.9. The molecule has 9 N–H and O–H groups in total. The number of nitrogens with two attached hydrogens (primary N) is 1. The van der Waals surface area contributed by atoms with Crippen molar-refractivity contribution in [3.8, 4) is 0 Å². The number of hydrogen-bond acceptors (Lipinski definition) is 7. The van der Waals surface area contributed by atoms with Crippen molar-refractivity contribution >= 4 is 40.6 Å². The minimum atomic E-state index is -1.72. The molecule has 1 aromatic heterocycles. The van der Waals surface area contributed by atoms with Crippen LogP contribution in [0.3, 0.4) is 0 Å². The van der Waals surface area contributed by atoms with E-state index in [0.29, 0.717) is 5.56 Å². The number of fused-ring (bicyclic) bond motifs is 1. The van der Waals surface area contributed by atoms with Crippen LogP contribution in [0.15, 0.2) is 30.5 Å². The Balaban J connectivity index is 2.33. The number of carboxylic acids is 2. The second-order valence-electron chi connectivity index (χ2n) is 8.64. The van der Waals surface area contributed by atoms with Gasteiger partial charge in [0.25, 0.3) is 0 Å². The fourth-order valence-electron chi connectivity index (χ4n) is 3.52. The maximum Gasteiger partial charge on any atom is 0.326 e. The lowest BCUT2D eigenvalue weighted by atomic mass is 10.00. The molecule has 2 aromatic rings. The average Bonchev–Trinajstić information content (AvgIpc) is 3.22. The van der Waals surface area contributed by atoms with Gasteiger partial charge in [-0.25, -0.2) is 4.79 Å². The van der Waals surface area contributed by atoms with E-state index in [1.807, 2.05) is 12.1 Å². The molecule has 4 atom stereocenters. The number of amides is 3. The lowest BCUT2D eigenvalue weighted by molar-refractivity contribution is -0.147. The molecule has 0 radical (unpaired) electrons. The summed E-state index contributed by atoms with van der Waals surface area (Å²) >= 11 is 0. The van der Waals surface area contributed by atoms with Crippen molar-refractivity contribution in [3.63, 3.8) is 0 Å². The van der Waals surface area contributed by atoms with E-state index in [9.17, 15) is 29.1 Å². The molecule has 0 aliphatic carbocycles. The number of para-hydroxylation sites is 1. The molecule has 0 fully saturated rings. The maximum absolute atomic E-state index is 13.1. The smallest absolute Gasteiger partial charge is 0.326 e. The number of aliphatic carboxylic acids is 2. The summed E-state index contributed by atoms with van der Waals surface area (Å²) < 4.78 is 0. The normalized spacial score (nSPS) is 14.5. The fourth-order valence-corrected chi connectivity index (χ4v) is 3.52. The van der Waals surface area contributed by atoms with Crippen molar-refractivity contribution in [1.82, 2.24) is 20.9 Å². The number of aliphatic hydroxyl groups is 1. The molecule has 0 aliphatic rings. The molecule has 0 saturated heterocycles. The molecular formula is C23H31N5O8. The topological polar surface area (TPSA) is 224 Å². The Morgan fingerprint density at radius 2 is 1.58 bits per heavy atom. The van der Waals surface area contributed by atoms with Gasteiger partial charge in [-0.15, -0.1) is 0 Å². The number of rotatable bonds is 13. The van der Waals surface area contributed by atoms with Crippen molar-refractivity contribution in [2.75, 3.05) is 6.61 Å². The summed E-state index contributed by atoms with van der Waals surface area (Å²) in [5, 5.41) is 35.3. The fraction of sp³-hybridized carbons (Fsp3) is 0.435. The first-order valence-corrected chi connectivity index (χ1v) is 11.2. The van der Waals surface area contributed by atoms with Crippen molar-refractivity contribution in [2.24, 2.45) is 11.7 Å². The summed E-state index contributed by atoms with van der Waals surface area (Å²) in [5.74, 6) is -5.83. The molecule has 0 saturated carbocycles. The Morgan fingerprint density at radius 3 is 2.17 bits per heavy atom. The third-order valence-corrected chi connectivity index (χ3v) is 5.51. The van der Waals surface area contributed by atoms with Crippen LogP contribution in [0.5, 0.6) is 0 Å². The van der Waals surface area contributed by atoms with Crippen LogP contribution in [0.1, 0.15) is 25.8 Å². The molecule has 196 valence electrons. The molecule has 2 rings (SSSR count). The van der Waals surface area contributed by atoms with E-state index >= 15 is 0 Å². The number of carbonyl (C=O) groups excluding carboxylic acids is 3. The van der Waals surface area contributed by atoms with Gasteiger partial charge in [0.1, 0.15) is 24.2 Å². The van der Waals surface area contributed by atoms with Gasteiger partial charge < -0.3 is 42.0 Å². The number of aromatic amines is 1. The van der Waals surface area contributed by atoms with Crippen LogP contribution in [0, 0.1) is 5.92 Å². The highest BCUT2D eigenvalue weighted by Crippen LogP contribution is 2.19. The predicted molar refractivity (Wildman–Crippen MR) is 128 cm³/mol. The van der Waals surface area contributed by atoms with Gasteiger partial charge >= 0.3 is 11.9 Å². The van der Waals surface area contributed by atoms with Crippen LogP contribution in [-0.2, 0) is 30.4 Å². The Labute approximate surface area is 206 Å². The second-order valence-corrected chi connectivity index (χ2v) is 8.64. The number of carbonyl (C=O) groups is 5. The first kappa shape index (κ1) is 28.3. The first-order valence-electron chi connectivity index (χ1n) is 11.2. The molecule has 3 amide bonds. The van der Waals surface area contributed by atoms with Crippen molar-refractivity contribution in [2.45, 2.75) is 50.9 Å². The highest BCUT2D eigenvalue weighted by atomic mass is 16.4. The number of aliphatic hydroxyl groups excluding tert-OH is 1. The van der Waals surface area contributed by atoms with Crippen LogP contribution < -0.4 is 21.7 Å². The molecule has 0 spiro atoms. The first-order chi connectivity index (χ1) is 16.9. The van der Waals surface area contributed by atoms with Gasteiger partial charge in [0.2, 0.25) is 17.7 Å². The minimum absolute atomic E-state index is 0.0596. The van der Waals surface area contributed by atoms with Crippen molar-refractivity contribution in [3.05, 3.63) is 36.0 Å². The van der Waals surface area contributed by atoms with Crippen molar-refractivity contribution in [1.29, 1.82) is 0 Å². The van der Waals surface area contributed by atoms with Crippen molar-refractivity contribution < 1.29 is 39.3 Å². The van der Waals surface area contributed by atoms with E-state index in [0.717, 1.165) is 10.9 Å². The molecule has 4 unspecified atom stereocenters. The third kappa shape index (κ3) is 7.52. The highest BCUT2D eigenvalue weighted by molar-refractivity contribution is 5.95. The van der Waals surface area contributed by atoms with E-state index in [4.69, 9.17) is 15.9 Å². The summed E-state index contributed by atoms with van der Waals surface area (Å²) in [4.78, 5) is 63.9. The van der Waals surface area contributed by atoms with E-state index in [-0.39, 0.29) is 6.42 Å². The zero-order chi connectivity index (χ0) is 27.0. The Hall–Kier alpha value is -3.97. The summed E-state index contributed by atoms with van der Waals surface area (Å²) in [6.07, 6.45) is 0.722. The van der Waals surface area contributed by atoms with E-state index < -0.39 is 72.8 Å². The molecular weight excluding hydrogens is 474 g/mol. The molecule has 13 nitrogen and oxygen atoms in total. The second kappa shape index (κ2) is 12.7. The van der Waals surface area contributed by atoms with Gasteiger partial charge in [-0.2, -0.15) is 0 Å².